The fraction of sp³-hybridized carbons (Fsp3) is 0.750. The predicted octanol–water partition coefficient (Wildman–Crippen LogP) is 9.33. The number of aliphatic hydroxyl groups excluding tert-OH is 8. The highest BCUT2D eigenvalue weighted by Crippen LogP contribution is 2.30. The van der Waals surface area contributed by atoms with Crippen molar-refractivity contribution in [3.8, 4) is 0 Å². The highest BCUT2D eigenvalue weighted by atomic mass is 16.7. The summed E-state index contributed by atoms with van der Waals surface area (Å²) in [6.07, 6.45) is 43.5. The maximum absolute atomic E-state index is 13.2. The van der Waals surface area contributed by atoms with E-state index in [0.717, 1.165) is 70.6 Å². The molecule has 74 heavy (non-hydrogen) atoms. The summed E-state index contributed by atoms with van der Waals surface area (Å²) in [5, 5.41) is 86.8. The van der Waals surface area contributed by atoms with Crippen molar-refractivity contribution in [1.82, 2.24) is 5.32 Å². The maximum Gasteiger partial charge on any atom is 0.220 e. The Bertz CT molecular complexity index is 1560. The third-order valence-electron chi connectivity index (χ3n) is 13.6. The van der Waals surface area contributed by atoms with Crippen LogP contribution in [0.3, 0.4) is 0 Å². The van der Waals surface area contributed by atoms with Gasteiger partial charge in [-0.25, -0.2) is 0 Å². The van der Waals surface area contributed by atoms with E-state index in [4.69, 9.17) is 18.9 Å². The molecular weight excluding hydrogens is 943 g/mol. The lowest BCUT2D eigenvalue weighted by Crippen LogP contribution is -2.65. The van der Waals surface area contributed by atoms with Crippen LogP contribution >= 0.6 is 0 Å². The second kappa shape index (κ2) is 45.2. The van der Waals surface area contributed by atoms with Gasteiger partial charge < -0.3 is 65.1 Å². The first-order valence-electron chi connectivity index (χ1n) is 28.8. The van der Waals surface area contributed by atoms with Crippen molar-refractivity contribution in [3.63, 3.8) is 0 Å². The Balaban J connectivity index is 1.69. The van der Waals surface area contributed by atoms with Crippen LogP contribution in [0, 0.1) is 0 Å². The van der Waals surface area contributed by atoms with Crippen LogP contribution in [0.25, 0.3) is 0 Å². The van der Waals surface area contributed by atoms with E-state index in [1.807, 2.05) is 6.08 Å². The number of unbranched alkanes of at least 4 members (excludes halogenated alkanes) is 19. The van der Waals surface area contributed by atoms with Crippen molar-refractivity contribution in [1.29, 1.82) is 0 Å². The Kier molecular flexibility index (Phi) is 41.1. The fourth-order valence-electron chi connectivity index (χ4n) is 8.92. The van der Waals surface area contributed by atoms with Crippen molar-refractivity contribution in [2.24, 2.45) is 0 Å². The summed E-state index contributed by atoms with van der Waals surface area (Å²) in [7, 11) is 0. The maximum atomic E-state index is 13.2. The van der Waals surface area contributed by atoms with E-state index in [-0.39, 0.29) is 18.9 Å². The minimum atomic E-state index is -1.79. The molecule has 2 heterocycles. The van der Waals surface area contributed by atoms with E-state index in [2.05, 4.69) is 92.1 Å². The number of hydrogen-bond acceptors (Lipinski definition) is 13. The molecule has 0 aromatic rings. The van der Waals surface area contributed by atoms with Crippen LogP contribution in [0.15, 0.2) is 85.1 Å². The lowest BCUT2D eigenvalue weighted by atomic mass is 9.97. The van der Waals surface area contributed by atoms with E-state index in [1.165, 1.54) is 89.9 Å². The van der Waals surface area contributed by atoms with Crippen LogP contribution in [0.5, 0.6) is 0 Å². The molecule has 1 amide bonds. The zero-order valence-corrected chi connectivity index (χ0v) is 45.6. The van der Waals surface area contributed by atoms with Gasteiger partial charge in [-0.15, -0.1) is 0 Å². The minimum Gasteiger partial charge on any atom is -0.394 e. The van der Waals surface area contributed by atoms with E-state index in [9.17, 15) is 45.6 Å². The first-order valence-corrected chi connectivity index (χ1v) is 28.8. The number of carbonyl (C=O) groups is 1. The number of nitrogens with one attached hydrogen (secondary N) is 1. The molecule has 0 spiro atoms. The quantitative estimate of drug-likeness (QED) is 0.0205. The average Bonchev–Trinajstić information content (AvgIpc) is 3.40. The monoisotopic (exact) mass is 1050 g/mol. The number of aliphatic hydroxyl groups is 8. The van der Waals surface area contributed by atoms with Gasteiger partial charge in [0.05, 0.1) is 32.0 Å². The molecule has 0 aliphatic carbocycles. The number of hydrogen-bond donors (Lipinski definition) is 9. The Morgan fingerprint density at radius 3 is 1.49 bits per heavy atom. The number of carbonyl (C=O) groups excluding carboxylic acids is 1. The molecule has 14 nitrogen and oxygen atoms in total. The Morgan fingerprint density at radius 2 is 0.946 bits per heavy atom. The third-order valence-corrected chi connectivity index (χ3v) is 13.6. The number of amides is 1. The largest absolute Gasteiger partial charge is 0.394 e. The Morgan fingerprint density at radius 1 is 0.500 bits per heavy atom. The average molecular weight is 1050 g/mol. The van der Waals surface area contributed by atoms with E-state index in [1.54, 1.807) is 6.08 Å². The topological polar surface area (TPSA) is 228 Å². The molecule has 9 N–H and O–H groups in total. The van der Waals surface area contributed by atoms with Crippen molar-refractivity contribution in [2.75, 3.05) is 19.8 Å². The lowest BCUT2D eigenvalue weighted by molar-refractivity contribution is -0.359. The van der Waals surface area contributed by atoms with Crippen molar-refractivity contribution in [2.45, 2.75) is 267 Å². The zero-order chi connectivity index (χ0) is 53.9. The van der Waals surface area contributed by atoms with Crippen molar-refractivity contribution < 1.29 is 64.6 Å². The standard InChI is InChI=1S/C60H103NO13/c1-3-5-7-9-11-13-15-16-17-18-19-20-21-22-23-24-25-26-27-28-29-30-31-32-34-36-38-40-42-44-52(65)61-48(49(64)43-41-39-37-35-33-14-12-10-8-6-4-2)47-71-59-57(70)55(68)58(51(46-63)73-59)74-60-56(69)54(67)53(66)50(45-62)72-60/h5,7,11,13,16-17,19-20,22-23,33,35,41,43,48-51,53-60,62-64,66-70H,3-4,6,8-10,12,14-15,18,21,24-32,34,36-40,42,44-47H2,1-2H3,(H,61,65)/b7-5-,13-11-,17-16-,20-19-,23-22-,35-33+,43-41+. The van der Waals surface area contributed by atoms with Crippen LogP contribution in [-0.2, 0) is 23.7 Å². The smallest absolute Gasteiger partial charge is 0.220 e. The van der Waals surface area contributed by atoms with Crippen LogP contribution < -0.4 is 5.32 Å². The molecule has 0 aromatic carbocycles. The van der Waals surface area contributed by atoms with Gasteiger partial charge in [0, 0.05) is 6.42 Å². The Hall–Kier alpha value is -2.83. The normalized spacial score (nSPS) is 25.9. The lowest BCUT2D eigenvalue weighted by Gasteiger charge is -2.46. The summed E-state index contributed by atoms with van der Waals surface area (Å²) in [5.41, 5.74) is 0. The van der Waals surface area contributed by atoms with Crippen LogP contribution in [0.1, 0.15) is 194 Å². The van der Waals surface area contributed by atoms with Gasteiger partial charge in [0.15, 0.2) is 12.6 Å². The second-order valence-corrected chi connectivity index (χ2v) is 20.0. The highest BCUT2D eigenvalue weighted by Gasteiger charge is 2.51. The fourth-order valence-corrected chi connectivity index (χ4v) is 8.92. The summed E-state index contributed by atoms with van der Waals surface area (Å²) >= 11 is 0. The number of allylic oxidation sites excluding steroid dienone is 13. The van der Waals surface area contributed by atoms with Gasteiger partial charge in [-0.1, -0.05) is 195 Å². The van der Waals surface area contributed by atoms with E-state index < -0.39 is 86.8 Å². The molecule has 0 saturated carbocycles. The predicted molar refractivity (Wildman–Crippen MR) is 295 cm³/mol. The summed E-state index contributed by atoms with van der Waals surface area (Å²) < 4.78 is 22.7. The molecule has 14 heteroatoms. The van der Waals surface area contributed by atoms with Gasteiger partial charge in [-0.3, -0.25) is 4.79 Å². The SMILES string of the molecule is CC/C=C\C/C=C\C/C=C\C/C=C\C/C=C\CCCCCCCCCCCCCCCC(=O)NC(COC1OC(CO)C(OC2OC(CO)C(O)C(O)C2O)C(O)C1O)C(O)/C=C/CC/C=C/CCCCCCC. The third kappa shape index (κ3) is 30.8. The molecule has 426 valence electrons. The Labute approximate surface area is 446 Å². The first-order chi connectivity index (χ1) is 36.1. The molecule has 0 radical (unpaired) electrons. The van der Waals surface area contributed by atoms with Gasteiger partial charge >= 0.3 is 0 Å². The molecule has 2 aliphatic rings. The summed E-state index contributed by atoms with van der Waals surface area (Å²) in [5.74, 6) is -0.256. The van der Waals surface area contributed by atoms with Crippen molar-refractivity contribution >= 4 is 5.91 Å². The molecule has 12 atom stereocenters. The minimum absolute atomic E-state index is 0.256. The van der Waals surface area contributed by atoms with Gasteiger partial charge in [0.25, 0.3) is 0 Å². The molecular formula is C60H103NO13. The van der Waals surface area contributed by atoms with E-state index >= 15 is 0 Å². The number of rotatable bonds is 44. The summed E-state index contributed by atoms with van der Waals surface area (Å²) in [6, 6.07) is -0.935. The first kappa shape index (κ1) is 67.3. The van der Waals surface area contributed by atoms with Gasteiger partial charge in [0.2, 0.25) is 5.91 Å². The summed E-state index contributed by atoms with van der Waals surface area (Å²) in [6.45, 7) is 2.62. The molecule has 2 rings (SSSR count). The molecule has 2 fully saturated rings. The second-order valence-electron chi connectivity index (χ2n) is 20.0. The number of ether oxygens (including phenoxy) is 4. The molecule has 0 bridgehead atoms. The molecule has 2 saturated heterocycles. The van der Waals surface area contributed by atoms with E-state index in [0.29, 0.717) is 12.8 Å². The van der Waals surface area contributed by atoms with Gasteiger partial charge in [-0.2, -0.15) is 0 Å². The summed E-state index contributed by atoms with van der Waals surface area (Å²) in [4.78, 5) is 13.2. The molecule has 0 aromatic heterocycles. The van der Waals surface area contributed by atoms with Crippen LogP contribution in [-0.4, -0.2) is 140 Å². The zero-order valence-electron chi connectivity index (χ0n) is 45.6. The highest BCUT2D eigenvalue weighted by molar-refractivity contribution is 5.76. The molecule has 2 aliphatic heterocycles. The van der Waals surface area contributed by atoms with Crippen molar-refractivity contribution in [3.05, 3.63) is 85.1 Å². The van der Waals surface area contributed by atoms with Crippen LogP contribution in [0.2, 0.25) is 0 Å². The van der Waals surface area contributed by atoms with Gasteiger partial charge in [-0.05, 0) is 77.0 Å². The molecule has 12 unspecified atom stereocenters. The van der Waals surface area contributed by atoms with Crippen LogP contribution in [0.4, 0.5) is 0 Å². The van der Waals surface area contributed by atoms with Gasteiger partial charge in [0.1, 0.15) is 48.8 Å².